The second-order valence-electron chi connectivity index (χ2n) is 4.45. The van der Waals surface area contributed by atoms with Crippen LogP contribution < -0.4 is 10.1 Å². The van der Waals surface area contributed by atoms with E-state index in [2.05, 4.69) is 5.32 Å². The van der Waals surface area contributed by atoms with Gasteiger partial charge in [-0.1, -0.05) is 18.5 Å². The molecule has 0 saturated carbocycles. The molecular formula is C16H15ClFNO2. The number of halogens is 2. The van der Waals surface area contributed by atoms with Gasteiger partial charge in [0, 0.05) is 10.6 Å². The molecule has 0 aliphatic heterocycles. The van der Waals surface area contributed by atoms with E-state index in [1.54, 1.807) is 18.2 Å². The fourth-order valence-corrected chi connectivity index (χ4v) is 1.91. The van der Waals surface area contributed by atoms with Crippen molar-refractivity contribution in [1.82, 2.24) is 0 Å². The summed E-state index contributed by atoms with van der Waals surface area (Å²) in [7, 11) is 0. The van der Waals surface area contributed by atoms with Crippen LogP contribution in [0.15, 0.2) is 42.5 Å². The van der Waals surface area contributed by atoms with E-state index < -0.39 is 0 Å². The first-order valence-electron chi connectivity index (χ1n) is 6.59. The largest absolute Gasteiger partial charge is 0.491 e. The molecule has 0 aliphatic carbocycles. The zero-order valence-electron chi connectivity index (χ0n) is 11.5. The lowest BCUT2D eigenvalue weighted by Crippen LogP contribution is -2.13. The van der Waals surface area contributed by atoms with Gasteiger partial charge in [-0.05, 0) is 48.9 Å². The molecule has 0 unspecified atom stereocenters. The normalized spacial score (nSPS) is 10.2. The summed E-state index contributed by atoms with van der Waals surface area (Å²) in [5, 5.41) is 3.22. The maximum atomic E-state index is 12.9. The van der Waals surface area contributed by atoms with Crippen molar-refractivity contribution in [3.63, 3.8) is 0 Å². The van der Waals surface area contributed by atoms with Gasteiger partial charge >= 0.3 is 0 Å². The maximum Gasteiger partial charge on any atom is 0.255 e. The Balaban J connectivity index is 2.19. The lowest BCUT2D eigenvalue weighted by molar-refractivity contribution is 0.102. The van der Waals surface area contributed by atoms with Crippen LogP contribution >= 0.6 is 11.6 Å². The zero-order valence-corrected chi connectivity index (χ0v) is 12.3. The van der Waals surface area contributed by atoms with Gasteiger partial charge in [0.2, 0.25) is 0 Å². The number of rotatable bonds is 5. The average molecular weight is 308 g/mol. The van der Waals surface area contributed by atoms with Gasteiger partial charge in [-0.3, -0.25) is 4.79 Å². The first kappa shape index (κ1) is 15.3. The summed E-state index contributed by atoms with van der Waals surface area (Å²) in [6, 6.07) is 10.3. The molecule has 2 aromatic carbocycles. The second-order valence-corrected chi connectivity index (χ2v) is 4.89. The molecule has 21 heavy (non-hydrogen) atoms. The monoisotopic (exact) mass is 307 g/mol. The third-order valence-electron chi connectivity index (χ3n) is 2.76. The van der Waals surface area contributed by atoms with E-state index in [9.17, 15) is 9.18 Å². The first-order chi connectivity index (χ1) is 10.1. The lowest BCUT2D eigenvalue weighted by Gasteiger charge is -2.12. The van der Waals surface area contributed by atoms with E-state index in [-0.39, 0.29) is 11.7 Å². The third-order valence-corrected chi connectivity index (χ3v) is 2.99. The van der Waals surface area contributed by atoms with Gasteiger partial charge < -0.3 is 10.1 Å². The van der Waals surface area contributed by atoms with Gasteiger partial charge in [0.25, 0.3) is 5.91 Å². The summed E-state index contributed by atoms with van der Waals surface area (Å²) < 4.78 is 18.4. The molecule has 2 rings (SSSR count). The molecule has 0 aliphatic rings. The molecular weight excluding hydrogens is 293 g/mol. The highest BCUT2D eigenvalue weighted by atomic mass is 35.5. The van der Waals surface area contributed by atoms with Crippen molar-refractivity contribution in [3.8, 4) is 5.75 Å². The molecule has 110 valence electrons. The fourth-order valence-electron chi connectivity index (χ4n) is 1.73. The predicted octanol–water partition coefficient (Wildman–Crippen LogP) is 4.52. The number of ether oxygens (including phenoxy) is 1. The molecule has 0 bridgehead atoms. The van der Waals surface area contributed by atoms with E-state index in [1.807, 2.05) is 6.92 Å². The van der Waals surface area contributed by atoms with Crippen molar-refractivity contribution in [2.45, 2.75) is 13.3 Å². The van der Waals surface area contributed by atoms with E-state index >= 15 is 0 Å². The number of nitrogens with one attached hydrogen (secondary N) is 1. The average Bonchev–Trinajstić information content (AvgIpc) is 2.47. The van der Waals surface area contributed by atoms with Crippen LogP contribution in [0.25, 0.3) is 0 Å². The van der Waals surface area contributed by atoms with Crippen molar-refractivity contribution >= 4 is 23.2 Å². The van der Waals surface area contributed by atoms with Crippen molar-refractivity contribution in [2.75, 3.05) is 11.9 Å². The third kappa shape index (κ3) is 4.20. The Bertz CT molecular complexity index is 629. The smallest absolute Gasteiger partial charge is 0.255 e. The minimum atomic E-state index is -0.388. The predicted molar refractivity (Wildman–Crippen MR) is 81.6 cm³/mol. The van der Waals surface area contributed by atoms with E-state index in [1.165, 1.54) is 24.3 Å². The van der Waals surface area contributed by atoms with Gasteiger partial charge in [-0.2, -0.15) is 0 Å². The van der Waals surface area contributed by atoms with Crippen LogP contribution in [0.4, 0.5) is 10.1 Å². The minimum absolute atomic E-state index is 0.349. The van der Waals surface area contributed by atoms with Crippen LogP contribution in [0, 0.1) is 5.82 Å². The van der Waals surface area contributed by atoms with Crippen molar-refractivity contribution in [2.24, 2.45) is 0 Å². The van der Waals surface area contributed by atoms with Gasteiger partial charge in [0.1, 0.15) is 11.6 Å². The topological polar surface area (TPSA) is 38.3 Å². The van der Waals surface area contributed by atoms with Gasteiger partial charge in [0.15, 0.2) is 0 Å². The first-order valence-corrected chi connectivity index (χ1v) is 6.97. The standard InChI is InChI=1S/C16H15ClFNO2/c1-2-9-21-15-8-5-12(17)10-14(15)19-16(20)11-3-6-13(18)7-4-11/h3-8,10H,2,9H2,1H3,(H,19,20). The fraction of sp³-hybridized carbons (Fsp3) is 0.188. The Labute approximate surface area is 127 Å². The molecule has 1 N–H and O–H groups in total. The second kappa shape index (κ2) is 7.09. The molecule has 0 spiro atoms. The molecule has 2 aromatic rings. The number of hydrogen-bond acceptors (Lipinski definition) is 2. The van der Waals surface area contributed by atoms with Crippen LogP contribution in [-0.2, 0) is 0 Å². The number of amides is 1. The molecule has 0 heterocycles. The van der Waals surface area contributed by atoms with Crippen LogP contribution in [0.3, 0.4) is 0 Å². The number of carbonyl (C=O) groups is 1. The Morgan fingerprint density at radius 3 is 2.62 bits per heavy atom. The summed E-state index contributed by atoms with van der Waals surface area (Å²) in [5.41, 5.74) is 0.850. The SMILES string of the molecule is CCCOc1ccc(Cl)cc1NC(=O)c1ccc(F)cc1. The molecule has 0 fully saturated rings. The number of anilines is 1. The quantitative estimate of drug-likeness (QED) is 0.882. The van der Waals surface area contributed by atoms with Gasteiger partial charge in [-0.15, -0.1) is 0 Å². The summed E-state index contributed by atoms with van der Waals surface area (Å²) in [6.45, 7) is 2.54. The summed E-state index contributed by atoms with van der Waals surface area (Å²) in [4.78, 5) is 12.1. The maximum absolute atomic E-state index is 12.9. The molecule has 3 nitrogen and oxygen atoms in total. The Hall–Kier alpha value is -2.07. The Kier molecular flexibility index (Phi) is 5.17. The van der Waals surface area contributed by atoms with Crippen molar-refractivity contribution in [3.05, 3.63) is 58.9 Å². The Morgan fingerprint density at radius 1 is 1.24 bits per heavy atom. The van der Waals surface area contributed by atoms with E-state index in [0.29, 0.717) is 28.6 Å². The van der Waals surface area contributed by atoms with Crippen LogP contribution in [-0.4, -0.2) is 12.5 Å². The minimum Gasteiger partial charge on any atom is -0.491 e. The molecule has 0 atom stereocenters. The summed E-state index contributed by atoms with van der Waals surface area (Å²) >= 11 is 5.94. The van der Waals surface area contributed by atoms with E-state index in [0.717, 1.165) is 6.42 Å². The highest BCUT2D eigenvalue weighted by molar-refractivity contribution is 6.31. The van der Waals surface area contributed by atoms with Crippen LogP contribution in [0.5, 0.6) is 5.75 Å². The molecule has 0 aromatic heterocycles. The lowest BCUT2D eigenvalue weighted by atomic mass is 10.2. The van der Waals surface area contributed by atoms with Crippen molar-refractivity contribution < 1.29 is 13.9 Å². The Morgan fingerprint density at radius 2 is 1.95 bits per heavy atom. The van der Waals surface area contributed by atoms with Gasteiger partial charge in [-0.25, -0.2) is 4.39 Å². The van der Waals surface area contributed by atoms with Crippen LogP contribution in [0.2, 0.25) is 5.02 Å². The molecule has 0 radical (unpaired) electrons. The molecule has 0 saturated heterocycles. The highest BCUT2D eigenvalue weighted by Gasteiger charge is 2.11. The van der Waals surface area contributed by atoms with Crippen LogP contribution in [0.1, 0.15) is 23.7 Å². The number of benzene rings is 2. The summed E-state index contributed by atoms with van der Waals surface area (Å²) in [5.74, 6) is -0.184. The highest BCUT2D eigenvalue weighted by Crippen LogP contribution is 2.28. The molecule has 1 amide bonds. The van der Waals surface area contributed by atoms with E-state index in [4.69, 9.17) is 16.3 Å². The zero-order chi connectivity index (χ0) is 15.2. The summed E-state index contributed by atoms with van der Waals surface area (Å²) in [6.07, 6.45) is 0.855. The van der Waals surface area contributed by atoms with Gasteiger partial charge in [0.05, 0.1) is 12.3 Å². The van der Waals surface area contributed by atoms with Crippen molar-refractivity contribution in [1.29, 1.82) is 0 Å². The number of hydrogen-bond donors (Lipinski definition) is 1. The number of carbonyl (C=O) groups excluding carboxylic acids is 1. The molecule has 5 heteroatoms.